The first-order valence-corrected chi connectivity index (χ1v) is 6.95. The summed E-state index contributed by atoms with van der Waals surface area (Å²) in [6.45, 7) is 1.60. The van der Waals surface area contributed by atoms with E-state index >= 15 is 0 Å². The Morgan fingerprint density at radius 3 is 2.43 bits per heavy atom. The predicted octanol–water partition coefficient (Wildman–Crippen LogP) is 2.94. The number of nitrogens with zero attached hydrogens (tertiary/aromatic N) is 2. The number of nitriles is 2. The van der Waals surface area contributed by atoms with E-state index in [0.29, 0.717) is 22.4 Å². The molecule has 0 heterocycles. The number of carbonyl (C=O) groups is 1. The van der Waals surface area contributed by atoms with Gasteiger partial charge in [-0.05, 0) is 37.3 Å². The Bertz CT molecular complexity index is 770. The van der Waals surface area contributed by atoms with Crippen molar-refractivity contribution >= 4 is 5.97 Å². The molecule has 1 atom stereocenters. The third kappa shape index (κ3) is 4.33. The standard InChI is InChI=1S/C18H14N2O3/c1-13(23-17-8-6-14(10-19)7-9-17)18(21)22-12-16-5-3-2-4-15(16)11-20/h2-9,13H,12H2,1H3/t13-/m1/s1. The van der Waals surface area contributed by atoms with E-state index in [-0.39, 0.29) is 6.61 Å². The first-order chi connectivity index (χ1) is 11.1. The second kappa shape index (κ2) is 7.63. The number of esters is 1. The minimum Gasteiger partial charge on any atom is -0.479 e. The lowest BCUT2D eigenvalue weighted by Crippen LogP contribution is -2.26. The summed E-state index contributed by atoms with van der Waals surface area (Å²) in [6, 6.07) is 17.4. The van der Waals surface area contributed by atoms with Crippen molar-refractivity contribution in [2.24, 2.45) is 0 Å². The van der Waals surface area contributed by atoms with Gasteiger partial charge in [0, 0.05) is 5.56 Å². The fourth-order valence-electron chi connectivity index (χ4n) is 1.88. The molecule has 114 valence electrons. The van der Waals surface area contributed by atoms with Gasteiger partial charge in [-0.2, -0.15) is 10.5 Å². The predicted molar refractivity (Wildman–Crippen MR) is 82.2 cm³/mol. The Balaban J connectivity index is 1.92. The molecule has 0 radical (unpaired) electrons. The molecule has 0 amide bonds. The molecule has 0 spiro atoms. The summed E-state index contributed by atoms with van der Waals surface area (Å²) >= 11 is 0. The molecule has 5 heteroatoms. The SMILES string of the molecule is C[C@@H](Oc1ccc(C#N)cc1)C(=O)OCc1ccccc1C#N. The quantitative estimate of drug-likeness (QED) is 0.793. The average molecular weight is 306 g/mol. The second-order valence-electron chi connectivity index (χ2n) is 4.77. The van der Waals surface area contributed by atoms with E-state index in [4.69, 9.17) is 20.0 Å². The average Bonchev–Trinajstić information content (AvgIpc) is 2.60. The van der Waals surface area contributed by atoms with Gasteiger partial charge in [-0.25, -0.2) is 4.79 Å². The van der Waals surface area contributed by atoms with E-state index in [1.165, 1.54) is 0 Å². The van der Waals surface area contributed by atoms with Crippen LogP contribution in [-0.4, -0.2) is 12.1 Å². The summed E-state index contributed by atoms with van der Waals surface area (Å²) in [5.74, 6) is -0.0482. The molecule has 2 aromatic carbocycles. The maximum atomic E-state index is 12.0. The van der Waals surface area contributed by atoms with E-state index in [9.17, 15) is 4.79 Å². The number of rotatable bonds is 5. The molecule has 0 bridgehead atoms. The molecule has 2 aromatic rings. The maximum Gasteiger partial charge on any atom is 0.347 e. The molecule has 0 aromatic heterocycles. The highest BCUT2D eigenvalue weighted by Gasteiger charge is 2.17. The summed E-state index contributed by atoms with van der Waals surface area (Å²) in [7, 11) is 0. The van der Waals surface area contributed by atoms with Crippen molar-refractivity contribution in [3.8, 4) is 17.9 Å². The fourth-order valence-corrected chi connectivity index (χ4v) is 1.88. The molecule has 5 nitrogen and oxygen atoms in total. The van der Waals surface area contributed by atoms with Gasteiger partial charge < -0.3 is 9.47 Å². The van der Waals surface area contributed by atoms with E-state index in [1.54, 1.807) is 55.5 Å². The fraction of sp³-hybridized carbons (Fsp3) is 0.167. The summed E-state index contributed by atoms with van der Waals surface area (Å²) in [4.78, 5) is 12.0. The van der Waals surface area contributed by atoms with Crippen LogP contribution in [0.2, 0.25) is 0 Å². The van der Waals surface area contributed by atoms with E-state index < -0.39 is 12.1 Å². The lowest BCUT2D eigenvalue weighted by molar-refractivity contribution is -0.152. The van der Waals surface area contributed by atoms with Crippen LogP contribution in [0, 0.1) is 22.7 Å². The van der Waals surface area contributed by atoms with Crippen LogP contribution in [0.5, 0.6) is 5.75 Å². The Morgan fingerprint density at radius 1 is 1.09 bits per heavy atom. The number of hydrogen-bond donors (Lipinski definition) is 0. The van der Waals surface area contributed by atoms with E-state index in [0.717, 1.165) is 0 Å². The van der Waals surface area contributed by atoms with Gasteiger partial charge in [0.05, 0.1) is 23.3 Å². The normalized spacial score (nSPS) is 10.9. The van der Waals surface area contributed by atoms with Gasteiger partial charge in [-0.15, -0.1) is 0 Å². The molecule has 23 heavy (non-hydrogen) atoms. The molecule has 0 unspecified atom stereocenters. The van der Waals surface area contributed by atoms with Crippen LogP contribution in [0.1, 0.15) is 23.6 Å². The van der Waals surface area contributed by atoms with Gasteiger partial charge in [0.15, 0.2) is 6.10 Å². The van der Waals surface area contributed by atoms with Crippen molar-refractivity contribution in [2.75, 3.05) is 0 Å². The van der Waals surface area contributed by atoms with Crippen LogP contribution >= 0.6 is 0 Å². The largest absolute Gasteiger partial charge is 0.479 e. The smallest absolute Gasteiger partial charge is 0.347 e. The van der Waals surface area contributed by atoms with Gasteiger partial charge in [0.2, 0.25) is 0 Å². The molecule has 0 aliphatic heterocycles. The molecule has 0 saturated heterocycles. The highest BCUT2D eigenvalue weighted by molar-refractivity contribution is 5.74. The van der Waals surface area contributed by atoms with Gasteiger partial charge in [-0.1, -0.05) is 18.2 Å². The maximum absolute atomic E-state index is 12.0. The van der Waals surface area contributed by atoms with Crippen molar-refractivity contribution in [3.05, 3.63) is 65.2 Å². The molecular weight excluding hydrogens is 292 g/mol. The zero-order chi connectivity index (χ0) is 16.7. The lowest BCUT2D eigenvalue weighted by atomic mass is 10.1. The first-order valence-electron chi connectivity index (χ1n) is 6.95. The summed E-state index contributed by atoms with van der Waals surface area (Å²) in [6.07, 6.45) is -0.794. The number of carbonyl (C=O) groups excluding carboxylic acids is 1. The van der Waals surface area contributed by atoms with Crippen molar-refractivity contribution in [1.82, 2.24) is 0 Å². The minimum absolute atomic E-state index is 0.0175. The third-order valence-electron chi connectivity index (χ3n) is 3.14. The summed E-state index contributed by atoms with van der Waals surface area (Å²) in [5.41, 5.74) is 1.63. The van der Waals surface area contributed by atoms with Crippen LogP contribution in [0.3, 0.4) is 0 Å². The second-order valence-corrected chi connectivity index (χ2v) is 4.77. The molecular formula is C18H14N2O3. The van der Waals surface area contributed by atoms with Gasteiger partial charge in [0.1, 0.15) is 12.4 Å². The van der Waals surface area contributed by atoms with Crippen LogP contribution in [0.15, 0.2) is 48.5 Å². The molecule has 0 N–H and O–H groups in total. The molecule has 0 saturated carbocycles. The Hall–Kier alpha value is -3.31. The van der Waals surface area contributed by atoms with Crippen molar-refractivity contribution in [3.63, 3.8) is 0 Å². The third-order valence-corrected chi connectivity index (χ3v) is 3.14. The number of benzene rings is 2. The van der Waals surface area contributed by atoms with Gasteiger partial charge >= 0.3 is 5.97 Å². The Kier molecular flexibility index (Phi) is 5.33. The van der Waals surface area contributed by atoms with Crippen molar-refractivity contribution in [1.29, 1.82) is 10.5 Å². The monoisotopic (exact) mass is 306 g/mol. The van der Waals surface area contributed by atoms with Crippen LogP contribution in [0.25, 0.3) is 0 Å². The molecule has 0 fully saturated rings. The highest BCUT2D eigenvalue weighted by atomic mass is 16.6. The number of ether oxygens (including phenoxy) is 2. The zero-order valence-electron chi connectivity index (χ0n) is 12.5. The van der Waals surface area contributed by atoms with Crippen LogP contribution in [0.4, 0.5) is 0 Å². The van der Waals surface area contributed by atoms with E-state index in [2.05, 4.69) is 6.07 Å². The number of hydrogen-bond acceptors (Lipinski definition) is 5. The van der Waals surface area contributed by atoms with Crippen LogP contribution < -0.4 is 4.74 Å². The Labute approximate surface area is 134 Å². The summed E-state index contributed by atoms with van der Waals surface area (Å²) < 4.78 is 10.7. The first kappa shape index (κ1) is 16.1. The highest BCUT2D eigenvalue weighted by Crippen LogP contribution is 2.15. The molecule has 0 aliphatic rings. The van der Waals surface area contributed by atoms with Crippen molar-refractivity contribution < 1.29 is 14.3 Å². The van der Waals surface area contributed by atoms with Gasteiger partial charge in [0.25, 0.3) is 0 Å². The van der Waals surface area contributed by atoms with Crippen LogP contribution in [-0.2, 0) is 16.1 Å². The molecule has 2 rings (SSSR count). The Morgan fingerprint density at radius 2 is 1.78 bits per heavy atom. The summed E-state index contributed by atoms with van der Waals surface area (Å²) in [5, 5.41) is 17.7. The topological polar surface area (TPSA) is 83.1 Å². The van der Waals surface area contributed by atoms with E-state index in [1.807, 2.05) is 6.07 Å². The van der Waals surface area contributed by atoms with Crippen molar-refractivity contribution in [2.45, 2.75) is 19.6 Å². The van der Waals surface area contributed by atoms with Gasteiger partial charge in [-0.3, -0.25) is 0 Å². The zero-order valence-corrected chi connectivity index (χ0v) is 12.5. The minimum atomic E-state index is -0.794. The lowest BCUT2D eigenvalue weighted by Gasteiger charge is -2.14. The molecule has 0 aliphatic carbocycles.